The van der Waals surface area contributed by atoms with Crippen LogP contribution in [0.1, 0.15) is 52.2 Å². The number of nitriles is 1. The Morgan fingerprint density at radius 3 is 0.821 bits per heavy atom. The van der Waals surface area contributed by atoms with Crippen LogP contribution in [0.4, 0.5) is 0 Å². The molecule has 0 spiro atoms. The van der Waals surface area contributed by atoms with E-state index in [2.05, 4.69) is 108 Å². The highest BCUT2D eigenvalue weighted by Crippen LogP contribution is 2.43. The van der Waals surface area contributed by atoms with Crippen LogP contribution in [0.5, 0.6) is 0 Å². The van der Waals surface area contributed by atoms with Crippen molar-refractivity contribution in [2.75, 3.05) is 0 Å². The van der Waals surface area contributed by atoms with Gasteiger partial charge in [0.2, 0.25) is 0 Å². The zero-order chi connectivity index (χ0) is 57.5. The molecule has 0 aliphatic carbocycles. The number of benzene rings is 7. The first-order valence-electron chi connectivity index (χ1n) is 27.3. The average Bonchev–Trinajstić information content (AvgIpc) is 2.06. The number of hydrogen-bond donors (Lipinski definition) is 0. The highest BCUT2D eigenvalue weighted by atomic mass is 15.1. The van der Waals surface area contributed by atoms with Crippen molar-refractivity contribution in [3.05, 3.63) is 204 Å². The molecule has 0 saturated heterocycles. The molecule has 17 heteroatoms. The van der Waals surface area contributed by atoms with E-state index in [1.165, 1.54) is 0 Å². The van der Waals surface area contributed by atoms with Gasteiger partial charge in [-0.1, -0.05) is 60.7 Å². The van der Waals surface area contributed by atoms with E-state index in [0.717, 1.165) is 88.4 Å². The fourth-order valence-electron chi connectivity index (χ4n) is 11.4. The summed E-state index contributed by atoms with van der Waals surface area (Å²) in [6.45, 7) is 14.9. The predicted octanol–water partition coefficient (Wildman–Crippen LogP) is 13.4. The monoisotopic (exact) mass is 1090 g/mol. The molecule has 0 atom stereocenters. The third kappa shape index (κ3) is 9.08. The van der Waals surface area contributed by atoms with E-state index in [4.69, 9.17) is 49.8 Å². The van der Waals surface area contributed by atoms with Crippen LogP contribution in [0.15, 0.2) is 152 Å². The molecule has 14 rings (SSSR count). The summed E-state index contributed by atoms with van der Waals surface area (Å²) >= 11 is 0. The quantitative estimate of drug-likeness (QED) is 0.131. The topological polar surface area (TPSA) is 214 Å². The molecule has 7 heterocycles. The molecule has 0 aliphatic rings. The predicted molar refractivity (Wildman–Crippen MR) is 325 cm³/mol. The van der Waals surface area contributed by atoms with E-state index in [9.17, 15) is 5.26 Å². The molecule has 0 unspecified atom stereocenters. The summed E-state index contributed by atoms with van der Waals surface area (Å²) in [5, 5.41) is 15.7. The fourth-order valence-corrected chi connectivity index (χ4v) is 11.4. The normalized spacial score (nSPS) is 11.6. The summed E-state index contributed by atoms with van der Waals surface area (Å²) in [5.41, 5.74) is 12.1. The number of aromatic nitrogens is 16. The maximum Gasteiger partial charge on any atom is 0.163 e. The Kier molecular flexibility index (Phi) is 12.2. The van der Waals surface area contributed by atoms with E-state index in [-0.39, 0.29) is 0 Å². The molecule has 0 fully saturated rings. The van der Waals surface area contributed by atoms with Gasteiger partial charge in [-0.3, -0.25) is 0 Å². The minimum atomic E-state index is 0.389. The second-order valence-corrected chi connectivity index (χ2v) is 20.8. The lowest BCUT2D eigenvalue weighted by atomic mass is 10.0. The van der Waals surface area contributed by atoms with Gasteiger partial charge in [0, 0.05) is 60.5 Å². The molecule has 17 nitrogen and oxygen atoms in total. The van der Waals surface area contributed by atoms with E-state index in [0.29, 0.717) is 98.2 Å². The van der Waals surface area contributed by atoms with Crippen LogP contribution in [0, 0.1) is 66.7 Å². The minimum absolute atomic E-state index is 0.389. The molecule has 14 aromatic rings. The molecule has 0 radical (unpaired) electrons. The van der Waals surface area contributed by atoms with E-state index in [1.807, 2.05) is 134 Å². The van der Waals surface area contributed by atoms with Crippen molar-refractivity contribution in [1.29, 1.82) is 5.26 Å². The zero-order valence-electron chi connectivity index (χ0n) is 47.0. The lowest BCUT2D eigenvalue weighted by Crippen LogP contribution is -2.06. The largest absolute Gasteiger partial charge is 0.308 e. The highest BCUT2D eigenvalue weighted by Gasteiger charge is 2.26. The van der Waals surface area contributed by atoms with Crippen molar-refractivity contribution in [3.8, 4) is 96.9 Å². The van der Waals surface area contributed by atoms with Crippen molar-refractivity contribution in [1.82, 2.24) is 78.9 Å². The van der Waals surface area contributed by atoms with Crippen LogP contribution in [0.2, 0.25) is 0 Å². The van der Waals surface area contributed by atoms with Crippen molar-refractivity contribution in [2.45, 2.75) is 55.4 Å². The summed E-state index contributed by atoms with van der Waals surface area (Å²) in [6.07, 6.45) is 0. The first kappa shape index (κ1) is 50.9. The molecule has 0 saturated carbocycles. The SMILES string of the molecule is Cc1nc(C)nc(-c2ccc3c(c2)c2cc(-c4nc(C)nc(C)n4)ccc2n3-c2cc(-c3nc(-c4ccccc4)cc(-c4ccccc4)n3)cc(-n3c4ccc(-c5nc(C)nc(C)n5)cc4c4cc(-c5nc(C)nc(C)n5)ccc43)c2C#N)n1. The van der Waals surface area contributed by atoms with Crippen LogP contribution >= 0.6 is 0 Å². The number of rotatable bonds is 9. The van der Waals surface area contributed by atoms with E-state index in [1.54, 1.807) is 0 Å². The summed E-state index contributed by atoms with van der Waals surface area (Å²) in [4.78, 5) is 67.0. The number of aryl methyl sites for hydroxylation is 8. The molecule has 0 aliphatic heterocycles. The van der Waals surface area contributed by atoms with Crippen molar-refractivity contribution >= 4 is 43.6 Å². The molecule has 0 N–H and O–H groups in total. The Hall–Kier alpha value is -11.3. The smallest absolute Gasteiger partial charge is 0.163 e. The van der Waals surface area contributed by atoms with Gasteiger partial charge in [-0.25, -0.2) is 69.8 Å². The summed E-state index contributed by atoms with van der Waals surface area (Å²) < 4.78 is 4.33. The van der Waals surface area contributed by atoms with Gasteiger partial charge >= 0.3 is 0 Å². The second kappa shape index (κ2) is 20.1. The van der Waals surface area contributed by atoms with Crippen LogP contribution < -0.4 is 0 Å². The van der Waals surface area contributed by atoms with Gasteiger partial charge in [0.05, 0.1) is 44.8 Å². The Morgan fingerprint density at radius 1 is 0.274 bits per heavy atom. The Morgan fingerprint density at radius 2 is 0.548 bits per heavy atom. The van der Waals surface area contributed by atoms with Crippen LogP contribution in [0.25, 0.3) is 134 Å². The maximum absolute atomic E-state index is 12.1. The molecule has 402 valence electrons. The molecule has 7 aromatic carbocycles. The van der Waals surface area contributed by atoms with Crippen LogP contribution in [-0.4, -0.2) is 78.9 Å². The average molecular weight is 1090 g/mol. The van der Waals surface area contributed by atoms with Gasteiger partial charge in [0.15, 0.2) is 29.1 Å². The van der Waals surface area contributed by atoms with Gasteiger partial charge in [-0.05, 0) is 146 Å². The lowest BCUT2D eigenvalue weighted by molar-refractivity contribution is 0.928. The van der Waals surface area contributed by atoms with Gasteiger partial charge in [0.1, 0.15) is 58.2 Å². The second-order valence-electron chi connectivity index (χ2n) is 20.8. The molecule has 7 aromatic heterocycles. The first-order valence-corrected chi connectivity index (χ1v) is 27.3. The van der Waals surface area contributed by atoms with Gasteiger partial charge in [0.25, 0.3) is 0 Å². The molecule has 0 amide bonds. The maximum atomic E-state index is 12.1. The van der Waals surface area contributed by atoms with E-state index < -0.39 is 0 Å². The number of nitrogens with zero attached hydrogens (tertiary/aromatic N) is 17. The number of hydrogen-bond acceptors (Lipinski definition) is 15. The molecule has 0 bridgehead atoms. The highest BCUT2D eigenvalue weighted by molar-refractivity contribution is 6.13. The molecule has 84 heavy (non-hydrogen) atoms. The Bertz CT molecular complexity index is 4480. The van der Waals surface area contributed by atoms with Gasteiger partial charge in [-0.15, -0.1) is 0 Å². The minimum Gasteiger partial charge on any atom is -0.308 e. The summed E-state index contributed by atoms with van der Waals surface area (Å²) in [6, 6.07) is 53.9. The standard InChI is InChI=1S/C67H49N17/c1-35-69-36(2)74-63(73-35)45-19-23-57-50(27-45)51-28-46(64-75-37(3)70-38(4)76-64)20-24-58(51)83(57)61-31-49(67-81-55(43-15-11-9-12-16-43)33-56(82-67)44-17-13-10-14-18-44)32-62(54(61)34-68)84-59-25-21-47(65-77-39(5)71-40(6)78-65)29-52(59)53-30-48(22-26-60(53)84)66-79-41(7)72-42(8)80-66/h9-33H,1-8H3. The van der Waals surface area contributed by atoms with Crippen molar-refractivity contribution in [3.63, 3.8) is 0 Å². The van der Waals surface area contributed by atoms with Gasteiger partial charge < -0.3 is 9.13 Å². The van der Waals surface area contributed by atoms with Crippen molar-refractivity contribution in [2.24, 2.45) is 0 Å². The number of fused-ring (bicyclic) bond motifs is 6. The first-order chi connectivity index (χ1) is 40.8. The summed E-state index contributed by atoms with van der Waals surface area (Å²) in [5.74, 6) is 7.58. The van der Waals surface area contributed by atoms with Gasteiger partial charge in [-0.2, -0.15) is 5.26 Å². The Balaban J connectivity index is 1.11. The third-order valence-corrected chi connectivity index (χ3v) is 14.8. The summed E-state index contributed by atoms with van der Waals surface area (Å²) in [7, 11) is 0. The zero-order valence-corrected chi connectivity index (χ0v) is 47.0. The molecular weight excluding hydrogens is 1040 g/mol. The molecular formula is C67H49N17. The van der Waals surface area contributed by atoms with Crippen LogP contribution in [-0.2, 0) is 0 Å². The Labute approximate surface area is 481 Å². The lowest BCUT2D eigenvalue weighted by Gasteiger charge is -2.19. The van der Waals surface area contributed by atoms with Crippen molar-refractivity contribution < 1.29 is 0 Å². The third-order valence-electron chi connectivity index (χ3n) is 14.8. The van der Waals surface area contributed by atoms with Crippen LogP contribution in [0.3, 0.4) is 0 Å². The fraction of sp³-hybridized carbons (Fsp3) is 0.119. The van der Waals surface area contributed by atoms with E-state index >= 15 is 0 Å².